The topological polar surface area (TPSA) is 47.0 Å². The molecule has 1 N–H and O–H groups in total. The Kier molecular flexibility index (Phi) is 4.06. The second-order valence-electron chi connectivity index (χ2n) is 3.63. The van der Waals surface area contributed by atoms with Crippen LogP contribution in [0.2, 0.25) is 0 Å². The van der Waals surface area contributed by atoms with Crippen LogP contribution in [0.1, 0.15) is 12.6 Å². The quantitative estimate of drug-likeness (QED) is 0.882. The maximum absolute atomic E-state index is 13.6. The van der Waals surface area contributed by atoms with Crippen LogP contribution in [0.4, 0.5) is 10.1 Å². The predicted octanol–water partition coefficient (Wildman–Crippen LogP) is 2.63. The zero-order chi connectivity index (χ0) is 12.8. The van der Waals surface area contributed by atoms with Gasteiger partial charge in [0, 0.05) is 24.1 Å². The molecular weight excluding hydrogens is 233 g/mol. The van der Waals surface area contributed by atoms with Crippen LogP contribution in [0.3, 0.4) is 0 Å². The number of halogens is 1. The van der Waals surface area contributed by atoms with Gasteiger partial charge >= 0.3 is 0 Å². The Morgan fingerprint density at radius 2 is 2.22 bits per heavy atom. The highest BCUT2D eigenvalue weighted by molar-refractivity contribution is 5.47. The van der Waals surface area contributed by atoms with Crippen LogP contribution < -0.4 is 10.1 Å². The largest absolute Gasteiger partial charge is 0.491 e. The number of nitrogens with zero attached hydrogens (tertiary/aromatic N) is 2. The SMILES string of the molecule is CCOc1ccc(NCc2cnccn2)cc1F. The van der Waals surface area contributed by atoms with Crippen molar-refractivity contribution in [2.24, 2.45) is 0 Å². The number of anilines is 1. The summed E-state index contributed by atoms with van der Waals surface area (Å²) in [6, 6.07) is 4.78. The van der Waals surface area contributed by atoms with E-state index in [1.807, 2.05) is 6.92 Å². The number of ether oxygens (including phenoxy) is 1. The van der Waals surface area contributed by atoms with E-state index in [-0.39, 0.29) is 11.6 Å². The maximum Gasteiger partial charge on any atom is 0.167 e. The van der Waals surface area contributed by atoms with E-state index in [0.29, 0.717) is 18.8 Å². The van der Waals surface area contributed by atoms with E-state index in [1.165, 1.54) is 6.07 Å². The fourth-order valence-electron chi connectivity index (χ4n) is 1.50. The van der Waals surface area contributed by atoms with E-state index in [9.17, 15) is 4.39 Å². The van der Waals surface area contributed by atoms with Crippen LogP contribution in [0.5, 0.6) is 5.75 Å². The Hall–Kier alpha value is -2.17. The van der Waals surface area contributed by atoms with Crippen molar-refractivity contribution in [2.45, 2.75) is 13.5 Å². The van der Waals surface area contributed by atoms with Gasteiger partial charge in [0.15, 0.2) is 11.6 Å². The zero-order valence-electron chi connectivity index (χ0n) is 10.1. The number of benzene rings is 1. The third kappa shape index (κ3) is 3.16. The van der Waals surface area contributed by atoms with Gasteiger partial charge in [-0.25, -0.2) is 4.39 Å². The summed E-state index contributed by atoms with van der Waals surface area (Å²) >= 11 is 0. The van der Waals surface area contributed by atoms with Crippen molar-refractivity contribution in [1.29, 1.82) is 0 Å². The predicted molar refractivity (Wildman–Crippen MR) is 66.9 cm³/mol. The third-order valence-electron chi connectivity index (χ3n) is 2.32. The van der Waals surface area contributed by atoms with Crippen molar-refractivity contribution in [3.8, 4) is 5.75 Å². The standard InChI is InChI=1S/C13H14FN3O/c1-2-18-13-4-3-10(7-12(13)14)17-9-11-8-15-5-6-16-11/h3-8,17H,2,9H2,1H3. The van der Waals surface area contributed by atoms with Gasteiger partial charge in [-0.15, -0.1) is 0 Å². The van der Waals surface area contributed by atoms with Crippen molar-refractivity contribution < 1.29 is 9.13 Å². The molecule has 0 aliphatic heterocycles. The average Bonchev–Trinajstić information content (AvgIpc) is 2.41. The Balaban J connectivity index is 2.00. The first kappa shape index (κ1) is 12.3. The van der Waals surface area contributed by atoms with E-state index in [1.54, 1.807) is 30.7 Å². The number of hydrogen-bond acceptors (Lipinski definition) is 4. The van der Waals surface area contributed by atoms with Crippen LogP contribution in [-0.4, -0.2) is 16.6 Å². The molecule has 4 nitrogen and oxygen atoms in total. The number of nitrogens with one attached hydrogen (secondary N) is 1. The molecule has 0 amide bonds. The maximum atomic E-state index is 13.6. The smallest absolute Gasteiger partial charge is 0.167 e. The lowest BCUT2D eigenvalue weighted by Crippen LogP contribution is -2.02. The molecule has 1 aromatic carbocycles. The minimum Gasteiger partial charge on any atom is -0.491 e. The molecule has 0 fully saturated rings. The van der Waals surface area contributed by atoms with Gasteiger partial charge < -0.3 is 10.1 Å². The monoisotopic (exact) mass is 247 g/mol. The lowest BCUT2D eigenvalue weighted by atomic mass is 10.3. The molecule has 1 aromatic heterocycles. The van der Waals surface area contributed by atoms with Crippen LogP contribution >= 0.6 is 0 Å². The van der Waals surface area contributed by atoms with Crippen LogP contribution in [0.15, 0.2) is 36.8 Å². The van der Waals surface area contributed by atoms with Crippen molar-refractivity contribution >= 4 is 5.69 Å². The minimum absolute atomic E-state index is 0.266. The molecule has 2 aromatic rings. The van der Waals surface area contributed by atoms with E-state index in [4.69, 9.17) is 4.74 Å². The van der Waals surface area contributed by atoms with Gasteiger partial charge in [-0.1, -0.05) is 0 Å². The summed E-state index contributed by atoms with van der Waals surface area (Å²) in [5.41, 5.74) is 1.48. The highest BCUT2D eigenvalue weighted by atomic mass is 19.1. The van der Waals surface area contributed by atoms with Crippen LogP contribution in [0, 0.1) is 5.82 Å². The molecule has 0 bridgehead atoms. The van der Waals surface area contributed by atoms with E-state index in [0.717, 1.165) is 5.69 Å². The highest BCUT2D eigenvalue weighted by Gasteiger charge is 2.04. The van der Waals surface area contributed by atoms with Gasteiger partial charge in [-0.2, -0.15) is 0 Å². The first-order valence-electron chi connectivity index (χ1n) is 5.70. The Bertz CT molecular complexity index is 505. The van der Waals surface area contributed by atoms with Gasteiger partial charge in [-0.05, 0) is 19.1 Å². The fraction of sp³-hybridized carbons (Fsp3) is 0.231. The number of hydrogen-bond donors (Lipinski definition) is 1. The Labute approximate surface area is 105 Å². The summed E-state index contributed by atoms with van der Waals surface area (Å²) in [4.78, 5) is 8.08. The van der Waals surface area contributed by atoms with E-state index in [2.05, 4.69) is 15.3 Å². The van der Waals surface area contributed by atoms with Gasteiger partial charge in [0.1, 0.15) is 0 Å². The van der Waals surface area contributed by atoms with Crippen molar-refractivity contribution in [3.05, 3.63) is 48.3 Å². The summed E-state index contributed by atoms with van der Waals surface area (Å²) < 4.78 is 18.7. The van der Waals surface area contributed by atoms with Crippen LogP contribution in [0.25, 0.3) is 0 Å². The molecule has 0 radical (unpaired) electrons. The number of aromatic nitrogens is 2. The zero-order valence-corrected chi connectivity index (χ0v) is 10.1. The summed E-state index contributed by atoms with van der Waals surface area (Å²) in [5.74, 6) is -0.108. The molecule has 0 saturated heterocycles. The molecule has 0 aliphatic carbocycles. The highest BCUT2D eigenvalue weighted by Crippen LogP contribution is 2.21. The molecule has 18 heavy (non-hydrogen) atoms. The van der Waals surface area contributed by atoms with E-state index >= 15 is 0 Å². The number of rotatable bonds is 5. The molecular formula is C13H14FN3O. The Morgan fingerprint density at radius 1 is 1.33 bits per heavy atom. The summed E-state index contributed by atoms with van der Waals surface area (Å²) in [6.45, 7) is 2.77. The molecule has 0 unspecified atom stereocenters. The molecule has 0 aliphatic rings. The van der Waals surface area contributed by atoms with Gasteiger partial charge in [-0.3, -0.25) is 9.97 Å². The summed E-state index contributed by atoms with van der Waals surface area (Å²) in [6.07, 6.45) is 4.90. The summed E-state index contributed by atoms with van der Waals surface area (Å²) in [5, 5.41) is 3.07. The van der Waals surface area contributed by atoms with Crippen molar-refractivity contribution in [2.75, 3.05) is 11.9 Å². The van der Waals surface area contributed by atoms with Crippen molar-refractivity contribution in [3.63, 3.8) is 0 Å². The molecule has 1 heterocycles. The van der Waals surface area contributed by atoms with Gasteiger partial charge in [0.2, 0.25) is 0 Å². The van der Waals surface area contributed by atoms with Gasteiger partial charge in [0.25, 0.3) is 0 Å². The van der Waals surface area contributed by atoms with Crippen molar-refractivity contribution in [1.82, 2.24) is 9.97 Å². The van der Waals surface area contributed by atoms with E-state index < -0.39 is 0 Å². The molecule has 5 heteroatoms. The molecule has 94 valence electrons. The van der Waals surface area contributed by atoms with Crippen LogP contribution in [-0.2, 0) is 6.54 Å². The third-order valence-corrected chi connectivity index (χ3v) is 2.32. The average molecular weight is 247 g/mol. The molecule has 0 spiro atoms. The first-order chi connectivity index (χ1) is 8.79. The first-order valence-corrected chi connectivity index (χ1v) is 5.70. The second-order valence-corrected chi connectivity index (χ2v) is 3.63. The fourth-order valence-corrected chi connectivity index (χ4v) is 1.50. The molecule has 0 atom stereocenters. The summed E-state index contributed by atoms with van der Waals surface area (Å²) in [7, 11) is 0. The lowest BCUT2D eigenvalue weighted by molar-refractivity contribution is 0.321. The molecule has 2 rings (SSSR count). The Morgan fingerprint density at radius 3 is 2.89 bits per heavy atom. The minimum atomic E-state index is -0.374. The normalized spacial score (nSPS) is 10.1. The lowest BCUT2D eigenvalue weighted by Gasteiger charge is -2.08. The second kappa shape index (κ2) is 5.95. The van der Waals surface area contributed by atoms with Gasteiger partial charge in [0.05, 0.1) is 25.0 Å². The molecule has 0 saturated carbocycles.